The molecule has 5 heteroatoms. The van der Waals surface area contributed by atoms with Crippen molar-refractivity contribution in [2.75, 3.05) is 33.4 Å². The second-order valence-electron chi connectivity index (χ2n) is 6.60. The van der Waals surface area contributed by atoms with Gasteiger partial charge in [0.1, 0.15) is 6.61 Å². The summed E-state index contributed by atoms with van der Waals surface area (Å²) in [5.74, 6) is 1.32. The second kappa shape index (κ2) is 9.88. The van der Waals surface area contributed by atoms with E-state index in [1.807, 2.05) is 18.2 Å². The molecule has 142 valence electrons. The molecule has 1 saturated heterocycles. The molecule has 27 heavy (non-hydrogen) atoms. The SMILES string of the molecule is COc1cc(/C=C/C(=O)c2cccnc2)ccc1OCCN1CCCCC1. The van der Waals surface area contributed by atoms with Crippen LogP contribution in [0.4, 0.5) is 0 Å². The number of rotatable bonds is 8. The van der Waals surface area contributed by atoms with Gasteiger partial charge in [0, 0.05) is 24.5 Å². The minimum Gasteiger partial charge on any atom is -0.493 e. The summed E-state index contributed by atoms with van der Waals surface area (Å²) < 4.78 is 11.4. The van der Waals surface area contributed by atoms with Crippen molar-refractivity contribution in [1.29, 1.82) is 0 Å². The molecular weight excluding hydrogens is 340 g/mol. The van der Waals surface area contributed by atoms with Gasteiger partial charge in [-0.25, -0.2) is 0 Å². The Balaban J connectivity index is 1.58. The van der Waals surface area contributed by atoms with Gasteiger partial charge in [-0.2, -0.15) is 0 Å². The average molecular weight is 366 g/mol. The first kappa shape index (κ1) is 19.1. The highest BCUT2D eigenvalue weighted by molar-refractivity contribution is 6.06. The first-order chi connectivity index (χ1) is 13.3. The molecule has 0 N–H and O–H groups in total. The summed E-state index contributed by atoms with van der Waals surface area (Å²) in [6.07, 6.45) is 10.4. The number of nitrogens with zero attached hydrogens (tertiary/aromatic N) is 2. The molecule has 0 aliphatic carbocycles. The third-order valence-corrected chi connectivity index (χ3v) is 4.67. The zero-order valence-corrected chi connectivity index (χ0v) is 15.8. The molecule has 0 radical (unpaired) electrons. The van der Waals surface area contributed by atoms with E-state index < -0.39 is 0 Å². The topological polar surface area (TPSA) is 51.7 Å². The lowest BCUT2D eigenvalue weighted by Gasteiger charge is -2.26. The Hall–Kier alpha value is -2.66. The van der Waals surface area contributed by atoms with E-state index in [2.05, 4.69) is 9.88 Å². The van der Waals surface area contributed by atoms with Crippen molar-refractivity contribution in [1.82, 2.24) is 9.88 Å². The number of hydrogen-bond acceptors (Lipinski definition) is 5. The highest BCUT2D eigenvalue weighted by Gasteiger charge is 2.11. The Labute approximate surface area is 160 Å². The Bertz CT molecular complexity index is 768. The van der Waals surface area contributed by atoms with E-state index in [-0.39, 0.29) is 5.78 Å². The monoisotopic (exact) mass is 366 g/mol. The summed E-state index contributed by atoms with van der Waals surface area (Å²) in [5, 5.41) is 0. The fourth-order valence-corrected chi connectivity index (χ4v) is 3.15. The van der Waals surface area contributed by atoms with E-state index in [4.69, 9.17) is 9.47 Å². The van der Waals surface area contributed by atoms with Crippen molar-refractivity contribution in [3.63, 3.8) is 0 Å². The lowest BCUT2D eigenvalue weighted by molar-refractivity contribution is 0.104. The molecule has 3 rings (SSSR count). The minimum absolute atomic E-state index is 0.0797. The van der Waals surface area contributed by atoms with Gasteiger partial charge >= 0.3 is 0 Å². The third-order valence-electron chi connectivity index (χ3n) is 4.67. The molecule has 2 heterocycles. The summed E-state index contributed by atoms with van der Waals surface area (Å²) in [6, 6.07) is 9.19. The van der Waals surface area contributed by atoms with Crippen molar-refractivity contribution in [2.45, 2.75) is 19.3 Å². The Kier molecular flexibility index (Phi) is 6.99. The van der Waals surface area contributed by atoms with E-state index in [1.165, 1.54) is 19.3 Å². The molecule has 0 spiro atoms. The maximum atomic E-state index is 12.1. The fraction of sp³-hybridized carbons (Fsp3) is 0.364. The van der Waals surface area contributed by atoms with Crippen LogP contribution in [0.5, 0.6) is 11.5 Å². The highest BCUT2D eigenvalue weighted by atomic mass is 16.5. The van der Waals surface area contributed by atoms with Gasteiger partial charge in [-0.05, 0) is 61.8 Å². The molecule has 2 aromatic rings. The minimum atomic E-state index is -0.0797. The summed E-state index contributed by atoms with van der Waals surface area (Å²) in [6.45, 7) is 3.90. The van der Waals surface area contributed by atoms with Gasteiger partial charge in [-0.3, -0.25) is 14.7 Å². The van der Waals surface area contributed by atoms with Gasteiger partial charge in [0.15, 0.2) is 17.3 Å². The van der Waals surface area contributed by atoms with Gasteiger partial charge in [0.2, 0.25) is 0 Å². The maximum absolute atomic E-state index is 12.1. The van der Waals surface area contributed by atoms with Crippen LogP contribution in [-0.2, 0) is 0 Å². The van der Waals surface area contributed by atoms with Gasteiger partial charge in [0.05, 0.1) is 7.11 Å². The zero-order valence-electron chi connectivity index (χ0n) is 15.8. The predicted molar refractivity (Wildman–Crippen MR) is 106 cm³/mol. The van der Waals surface area contributed by atoms with Gasteiger partial charge in [-0.15, -0.1) is 0 Å². The van der Waals surface area contributed by atoms with Crippen molar-refractivity contribution < 1.29 is 14.3 Å². The lowest BCUT2D eigenvalue weighted by atomic mass is 10.1. The number of carbonyl (C=O) groups is 1. The van der Waals surface area contributed by atoms with Gasteiger partial charge < -0.3 is 9.47 Å². The number of likely N-dealkylation sites (tertiary alicyclic amines) is 1. The Morgan fingerprint density at radius 2 is 2.04 bits per heavy atom. The van der Waals surface area contributed by atoms with Crippen molar-refractivity contribution in [3.8, 4) is 11.5 Å². The number of pyridine rings is 1. The fourth-order valence-electron chi connectivity index (χ4n) is 3.15. The number of ether oxygens (including phenoxy) is 2. The predicted octanol–water partition coefficient (Wildman–Crippen LogP) is 3.85. The highest BCUT2D eigenvalue weighted by Crippen LogP contribution is 2.28. The molecule has 5 nitrogen and oxygen atoms in total. The third kappa shape index (κ3) is 5.66. The van der Waals surface area contributed by atoms with Gasteiger partial charge in [0.25, 0.3) is 0 Å². The number of hydrogen-bond donors (Lipinski definition) is 0. The molecule has 1 fully saturated rings. The zero-order chi connectivity index (χ0) is 18.9. The number of carbonyl (C=O) groups excluding carboxylic acids is 1. The quantitative estimate of drug-likeness (QED) is 0.525. The van der Waals surface area contributed by atoms with Crippen LogP contribution in [0.2, 0.25) is 0 Å². The summed E-state index contributed by atoms with van der Waals surface area (Å²) in [5.41, 5.74) is 1.45. The number of aromatic nitrogens is 1. The van der Waals surface area contributed by atoms with Crippen LogP contribution in [0.25, 0.3) is 6.08 Å². The molecule has 1 aliphatic heterocycles. The smallest absolute Gasteiger partial charge is 0.187 e. The van der Waals surface area contributed by atoms with Crippen LogP contribution in [-0.4, -0.2) is 49.0 Å². The molecule has 0 saturated carbocycles. The van der Waals surface area contributed by atoms with E-state index in [1.54, 1.807) is 43.8 Å². The second-order valence-corrected chi connectivity index (χ2v) is 6.60. The summed E-state index contributed by atoms with van der Waals surface area (Å²) >= 11 is 0. The van der Waals surface area contributed by atoms with Crippen LogP contribution >= 0.6 is 0 Å². The molecule has 1 aliphatic rings. The van der Waals surface area contributed by atoms with E-state index in [0.29, 0.717) is 17.9 Å². The molecule has 1 aromatic carbocycles. The van der Waals surface area contributed by atoms with E-state index in [9.17, 15) is 4.79 Å². The summed E-state index contributed by atoms with van der Waals surface area (Å²) in [7, 11) is 1.63. The largest absolute Gasteiger partial charge is 0.493 e. The van der Waals surface area contributed by atoms with E-state index in [0.717, 1.165) is 30.9 Å². The number of benzene rings is 1. The van der Waals surface area contributed by atoms with Crippen molar-refractivity contribution in [3.05, 3.63) is 59.9 Å². The molecule has 0 amide bonds. The summed E-state index contributed by atoms with van der Waals surface area (Å²) in [4.78, 5) is 18.6. The normalized spacial score (nSPS) is 15.0. The van der Waals surface area contributed by atoms with Crippen LogP contribution in [0, 0.1) is 0 Å². The number of ketones is 1. The first-order valence-corrected chi connectivity index (χ1v) is 9.42. The Morgan fingerprint density at radius 3 is 2.78 bits per heavy atom. The Morgan fingerprint density at radius 1 is 1.19 bits per heavy atom. The number of allylic oxidation sites excluding steroid dienone is 1. The number of piperidine rings is 1. The molecule has 1 aromatic heterocycles. The van der Waals surface area contributed by atoms with E-state index >= 15 is 0 Å². The standard InChI is InChI=1S/C22H26N2O3/c1-26-22-16-18(7-9-20(25)19-6-5-11-23-17-19)8-10-21(22)27-15-14-24-12-3-2-4-13-24/h5-11,16-17H,2-4,12-15H2,1H3/b9-7+. The van der Waals surface area contributed by atoms with Crippen molar-refractivity contribution >= 4 is 11.9 Å². The average Bonchev–Trinajstić information content (AvgIpc) is 2.74. The van der Waals surface area contributed by atoms with Crippen LogP contribution in [0.1, 0.15) is 35.2 Å². The molecular formula is C22H26N2O3. The van der Waals surface area contributed by atoms with Crippen LogP contribution < -0.4 is 9.47 Å². The van der Waals surface area contributed by atoms with Crippen molar-refractivity contribution in [2.24, 2.45) is 0 Å². The van der Waals surface area contributed by atoms with Gasteiger partial charge in [-0.1, -0.05) is 18.6 Å². The maximum Gasteiger partial charge on any atom is 0.187 e. The number of methoxy groups -OCH3 is 1. The molecule has 0 unspecified atom stereocenters. The first-order valence-electron chi connectivity index (χ1n) is 9.42. The van der Waals surface area contributed by atoms with Crippen LogP contribution in [0.15, 0.2) is 48.8 Å². The molecule has 0 bridgehead atoms. The van der Waals surface area contributed by atoms with Crippen LogP contribution in [0.3, 0.4) is 0 Å². The molecule has 0 atom stereocenters. The lowest BCUT2D eigenvalue weighted by Crippen LogP contribution is -2.33.